The maximum atomic E-state index is 15.9. The summed E-state index contributed by atoms with van der Waals surface area (Å²) >= 11 is 0. The maximum Gasteiger partial charge on any atom is 0.267 e. The van der Waals surface area contributed by atoms with Gasteiger partial charge in [-0.25, -0.2) is 36.5 Å². The molecule has 248 valence electrons. The summed E-state index contributed by atoms with van der Waals surface area (Å²) in [6.45, 7) is 7.94. The van der Waals surface area contributed by atoms with Gasteiger partial charge in [-0.15, -0.1) is 0 Å². The van der Waals surface area contributed by atoms with Crippen LogP contribution >= 0.6 is 0 Å². The van der Waals surface area contributed by atoms with Gasteiger partial charge in [0.2, 0.25) is 5.88 Å². The molecule has 0 fully saturated rings. The first-order valence-corrected chi connectivity index (χ1v) is 20.4. The van der Waals surface area contributed by atoms with Crippen LogP contribution < -0.4 is 9.46 Å². The van der Waals surface area contributed by atoms with E-state index in [0.717, 1.165) is 68.6 Å². The standard InChI is InChI=1S/C32H35F3N6O4SSi/c1-44-32-27(15-21(33)16-36-32)46(42,43)39-24-11-10-22(34)28(29(24)35)20-9-12-26-30(37-18-40(26)17-20)31-38-23-7-5-6-8-25(23)41(31)19-45-13-14-47(2,3)4/h9-12,15-18,39H,5-8,13-14,19H2,1-4H3. The molecule has 4 aromatic heterocycles. The number of benzene rings is 1. The minimum atomic E-state index is -4.57. The summed E-state index contributed by atoms with van der Waals surface area (Å²) < 4.78 is 87.9. The predicted molar refractivity (Wildman–Crippen MR) is 174 cm³/mol. The molecular formula is C32H35F3N6O4SSi. The third-order valence-corrected chi connectivity index (χ3v) is 11.1. The molecule has 1 aliphatic rings. The normalized spacial score (nSPS) is 13.6. The Bertz CT molecular complexity index is 2080. The number of fused-ring (bicyclic) bond motifs is 2. The number of methoxy groups -OCH3 is 1. The zero-order valence-corrected chi connectivity index (χ0v) is 28.3. The molecule has 15 heteroatoms. The first kappa shape index (κ1) is 32.7. The number of anilines is 1. The smallest absolute Gasteiger partial charge is 0.267 e. The van der Waals surface area contributed by atoms with E-state index in [1.54, 1.807) is 16.8 Å². The number of aromatic nitrogens is 5. The van der Waals surface area contributed by atoms with Crippen LogP contribution in [0.5, 0.6) is 5.88 Å². The third kappa shape index (κ3) is 6.64. The molecule has 0 aliphatic heterocycles. The third-order valence-electron chi connectivity index (χ3n) is 8.08. The summed E-state index contributed by atoms with van der Waals surface area (Å²) in [4.78, 5) is 12.6. The minimum absolute atomic E-state index is 0.139. The van der Waals surface area contributed by atoms with E-state index in [-0.39, 0.29) is 11.4 Å². The molecule has 0 unspecified atom stereocenters. The Morgan fingerprint density at radius 3 is 2.60 bits per heavy atom. The van der Waals surface area contributed by atoms with Gasteiger partial charge in [0.25, 0.3) is 10.0 Å². The van der Waals surface area contributed by atoms with Crippen LogP contribution in [-0.2, 0) is 34.3 Å². The van der Waals surface area contributed by atoms with Crippen molar-refractivity contribution in [3.8, 4) is 28.5 Å². The number of rotatable bonds is 11. The molecule has 4 heterocycles. The lowest BCUT2D eigenvalue weighted by Gasteiger charge is -2.18. The molecule has 0 saturated heterocycles. The van der Waals surface area contributed by atoms with Crippen LogP contribution in [0.15, 0.2) is 53.9 Å². The van der Waals surface area contributed by atoms with Crippen LogP contribution in [-0.4, -0.2) is 54.1 Å². The molecule has 0 spiro atoms. The zero-order chi connectivity index (χ0) is 33.5. The maximum absolute atomic E-state index is 15.9. The largest absolute Gasteiger partial charge is 0.480 e. The van der Waals surface area contributed by atoms with Crippen LogP contribution in [0.4, 0.5) is 18.9 Å². The number of imidazole rings is 2. The highest BCUT2D eigenvalue weighted by molar-refractivity contribution is 7.92. The van der Waals surface area contributed by atoms with Crippen molar-refractivity contribution in [2.75, 3.05) is 18.4 Å². The van der Waals surface area contributed by atoms with E-state index < -0.39 is 51.7 Å². The van der Waals surface area contributed by atoms with E-state index in [2.05, 4.69) is 38.9 Å². The van der Waals surface area contributed by atoms with Gasteiger partial charge in [-0.2, -0.15) is 0 Å². The lowest BCUT2D eigenvalue weighted by atomic mass is 10.0. The van der Waals surface area contributed by atoms with Gasteiger partial charge in [-0.1, -0.05) is 25.7 Å². The van der Waals surface area contributed by atoms with Crippen molar-refractivity contribution < 1.29 is 31.1 Å². The molecular weight excluding hydrogens is 650 g/mol. The van der Waals surface area contributed by atoms with Crippen molar-refractivity contribution in [2.24, 2.45) is 0 Å². The first-order chi connectivity index (χ1) is 22.4. The molecule has 0 saturated carbocycles. The molecule has 0 bridgehead atoms. The Morgan fingerprint density at radius 2 is 1.83 bits per heavy atom. The van der Waals surface area contributed by atoms with Crippen LogP contribution in [0.3, 0.4) is 0 Å². The number of aryl methyl sites for hydroxylation is 1. The van der Waals surface area contributed by atoms with Crippen LogP contribution in [0.2, 0.25) is 25.7 Å². The fourth-order valence-electron chi connectivity index (χ4n) is 5.62. The van der Waals surface area contributed by atoms with E-state index in [9.17, 15) is 12.8 Å². The van der Waals surface area contributed by atoms with Crippen molar-refractivity contribution in [1.29, 1.82) is 0 Å². The summed E-state index contributed by atoms with van der Waals surface area (Å²) in [5.74, 6) is -2.71. The number of halogens is 3. The lowest BCUT2D eigenvalue weighted by molar-refractivity contribution is 0.0861. The van der Waals surface area contributed by atoms with Crippen molar-refractivity contribution in [2.45, 2.75) is 63.0 Å². The number of sulfonamides is 1. The van der Waals surface area contributed by atoms with Crippen LogP contribution in [0, 0.1) is 17.5 Å². The minimum Gasteiger partial charge on any atom is -0.480 e. The van der Waals surface area contributed by atoms with E-state index >= 15 is 8.78 Å². The van der Waals surface area contributed by atoms with Gasteiger partial charge >= 0.3 is 0 Å². The second-order valence-electron chi connectivity index (χ2n) is 12.7. The monoisotopic (exact) mass is 684 g/mol. The molecule has 47 heavy (non-hydrogen) atoms. The predicted octanol–water partition coefficient (Wildman–Crippen LogP) is 6.68. The molecule has 10 nitrogen and oxygen atoms in total. The van der Waals surface area contributed by atoms with Gasteiger partial charge in [0.15, 0.2) is 16.5 Å². The van der Waals surface area contributed by atoms with Crippen molar-refractivity contribution in [3.05, 3.63) is 77.9 Å². The molecule has 1 aliphatic carbocycles. The summed E-state index contributed by atoms with van der Waals surface area (Å²) in [6, 6.07) is 6.87. The highest BCUT2D eigenvalue weighted by Crippen LogP contribution is 2.35. The van der Waals surface area contributed by atoms with E-state index in [1.165, 1.54) is 12.3 Å². The summed E-state index contributed by atoms with van der Waals surface area (Å²) in [6.07, 6.45) is 7.76. The average molecular weight is 685 g/mol. The SMILES string of the molecule is COc1ncc(F)cc1S(=O)(=O)Nc1ccc(F)c(-c2ccc3c(-c4nc5c(n4COCC[Si](C)(C)C)CCCC5)ncn3c2)c1F. The fourth-order valence-corrected chi connectivity index (χ4v) is 7.57. The van der Waals surface area contributed by atoms with Crippen LogP contribution in [0.25, 0.3) is 28.2 Å². The lowest BCUT2D eigenvalue weighted by Crippen LogP contribution is -2.22. The van der Waals surface area contributed by atoms with Crippen molar-refractivity contribution in [3.63, 3.8) is 0 Å². The summed E-state index contributed by atoms with van der Waals surface area (Å²) in [5, 5.41) is 0. The topological polar surface area (TPSA) is 113 Å². The Labute approximate surface area is 271 Å². The quantitative estimate of drug-likeness (QED) is 0.122. The fraction of sp³-hybridized carbons (Fsp3) is 0.344. The number of pyridine rings is 2. The Balaban J connectivity index is 1.34. The molecule has 1 aromatic carbocycles. The highest BCUT2D eigenvalue weighted by atomic mass is 32.2. The molecule has 6 rings (SSSR count). The Kier molecular flexibility index (Phi) is 8.89. The molecule has 5 aromatic rings. The van der Waals surface area contributed by atoms with Crippen molar-refractivity contribution in [1.82, 2.24) is 23.9 Å². The molecule has 0 radical (unpaired) electrons. The highest BCUT2D eigenvalue weighted by Gasteiger charge is 2.27. The zero-order valence-electron chi connectivity index (χ0n) is 26.5. The number of nitrogens with zero attached hydrogens (tertiary/aromatic N) is 5. The molecule has 0 amide bonds. The second-order valence-corrected chi connectivity index (χ2v) is 19.9. The number of hydrogen-bond donors (Lipinski definition) is 1. The van der Waals surface area contributed by atoms with Gasteiger partial charge in [-0.3, -0.25) is 4.72 Å². The number of nitrogens with one attached hydrogen (secondary N) is 1. The first-order valence-electron chi connectivity index (χ1n) is 15.2. The van der Waals surface area contributed by atoms with E-state index in [4.69, 9.17) is 14.5 Å². The van der Waals surface area contributed by atoms with Gasteiger partial charge in [0.05, 0.1) is 35.8 Å². The average Bonchev–Trinajstić information content (AvgIpc) is 3.61. The van der Waals surface area contributed by atoms with Gasteiger partial charge in [0, 0.05) is 38.2 Å². The molecule has 0 atom stereocenters. The van der Waals surface area contributed by atoms with Crippen molar-refractivity contribution >= 4 is 29.3 Å². The summed E-state index contributed by atoms with van der Waals surface area (Å²) in [5.41, 5.74) is 2.60. The number of hydrogen-bond acceptors (Lipinski definition) is 7. The van der Waals surface area contributed by atoms with Gasteiger partial charge in [0.1, 0.15) is 30.4 Å². The molecule has 1 N–H and O–H groups in total. The Hall–Kier alpha value is -4.21. The summed E-state index contributed by atoms with van der Waals surface area (Å²) in [7, 11) is -4.67. The Morgan fingerprint density at radius 1 is 1.04 bits per heavy atom. The van der Waals surface area contributed by atoms with Gasteiger partial charge in [-0.05, 0) is 49.9 Å². The second kappa shape index (κ2) is 12.8. The van der Waals surface area contributed by atoms with E-state index in [0.29, 0.717) is 36.4 Å². The van der Waals surface area contributed by atoms with Gasteiger partial charge < -0.3 is 18.4 Å². The van der Waals surface area contributed by atoms with Crippen LogP contribution in [0.1, 0.15) is 24.2 Å². The van der Waals surface area contributed by atoms with E-state index in [1.807, 2.05) is 0 Å². The number of ether oxygens (including phenoxy) is 2.